The molecule has 44 heavy (non-hydrogen) atoms. The van der Waals surface area contributed by atoms with E-state index in [9.17, 15) is 0 Å². The number of ether oxygens (including phenoxy) is 1. The fourth-order valence-electron chi connectivity index (χ4n) is 6.92. The second-order valence-electron chi connectivity index (χ2n) is 11.4. The van der Waals surface area contributed by atoms with E-state index in [1.54, 1.807) is 7.11 Å². The van der Waals surface area contributed by atoms with Gasteiger partial charge in [0.05, 0.1) is 23.7 Å². The summed E-state index contributed by atoms with van der Waals surface area (Å²) in [6.07, 6.45) is 2.18. The number of fused-ring (bicyclic) bond motifs is 7. The Kier molecular flexibility index (Phi) is 5.41. The third-order valence-corrected chi connectivity index (χ3v) is 9.00. The molecule has 0 aliphatic rings. The number of rotatable bonds is 4. The maximum atomic E-state index is 5.51. The molecule has 0 amide bonds. The molecule has 0 fully saturated rings. The van der Waals surface area contributed by atoms with Crippen molar-refractivity contribution >= 4 is 54.3 Å². The second-order valence-corrected chi connectivity index (χ2v) is 11.4. The largest absolute Gasteiger partial charge is 0.497 e. The van der Waals surface area contributed by atoms with Crippen LogP contribution in [0.5, 0.6) is 5.75 Å². The molecule has 0 bridgehead atoms. The predicted octanol–water partition coefficient (Wildman–Crippen LogP) is 10.7. The number of methoxy groups -OCH3 is 1. The molecule has 0 aliphatic heterocycles. The van der Waals surface area contributed by atoms with Gasteiger partial charge in [0.1, 0.15) is 5.75 Å². The normalized spacial score (nSPS) is 11.8. The van der Waals surface area contributed by atoms with Gasteiger partial charge < -0.3 is 13.9 Å². The number of benzene rings is 7. The highest BCUT2D eigenvalue weighted by molar-refractivity contribution is 6.23. The van der Waals surface area contributed by atoms with Crippen LogP contribution < -0.4 is 4.74 Å². The lowest BCUT2D eigenvalue weighted by molar-refractivity contribution is 0.415. The zero-order chi connectivity index (χ0) is 29.2. The molecule has 9 rings (SSSR count). The standard InChI is InChI=1S/C41H28N2O/c1-44-32-18-16-27(17-19-32)34-23-29-24-40-28(20-21-42(40)30-10-4-2-5-11-30)22-35(29)36-25-38-33-14-8-9-15-39(33)43(41(38)26-37(34)36)31-12-6-3-7-13-31/h2-26H,1H3. The molecule has 0 spiro atoms. The van der Waals surface area contributed by atoms with Gasteiger partial charge in [-0.05, 0) is 112 Å². The first kappa shape index (κ1) is 24.8. The van der Waals surface area contributed by atoms with Crippen molar-refractivity contribution in [1.29, 1.82) is 0 Å². The Balaban J connectivity index is 1.42. The van der Waals surface area contributed by atoms with Crippen molar-refractivity contribution in [2.45, 2.75) is 0 Å². The Morgan fingerprint density at radius 1 is 0.455 bits per heavy atom. The van der Waals surface area contributed by atoms with E-state index in [-0.39, 0.29) is 0 Å². The quantitative estimate of drug-likeness (QED) is 0.195. The van der Waals surface area contributed by atoms with Gasteiger partial charge in [-0.1, -0.05) is 66.7 Å². The van der Waals surface area contributed by atoms with Crippen molar-refractivity contribution in [1.82, 2.24) is 9.13 Å². The molecule has 0 atom stereocenters. The van der Waals surface area contributed by atoms with Crippen molar-refractivity contribution in [3.63, 3.8) is 0 Å². The summed E-state index contributed by atoms with van der Waals surface area (Å²) in [7, 11) is 1.71. The van der Waals surface area contributed by atoms with E-state index >= 15 is 0 Å². The van der Waals surface area contributed by atoms with Crippen LogP contribution in [0.25, 0.3) is 76.8 Å². The van der Waals surface area contributed by atoms with E-state index in [0.29, 0.717) is 0 Å². The molecule has 3 heteroatoms. The summed E-state index contributed by atoms with van der Waals surface area (Å²) in [6, 6.07) is 52.6. The van der Waals surface area contributed by atoms with E-state index in [1.165, 1.54) is 59.8 Å². The Morgan fingerprint density at radius 2 is 1.18 bits per heavy atom. The molecular formula is C41H28N2O. The summed E-state index contributed by atoms with van der Waals surface area (Å²) in [5, 5.41) is 8.71. The molecule has 208 valence electrons. The van der Waals surface area contributed by atoms with Crippen LogP contribution in [0, 0.1) is 0 Å². The van der Waals surface area contributed by atoms with E-state index < -0.39 is 0 Å². The number of hydrogen-bond donors (Lipinski definition) is 0. The number of nitrogens with zero attached hydrogens (tertiary/aromatic N) is 2. The highest BCUT2D eigenvalue weighted by Crippen LogP contribution is 2.42. The Morgan fingerprint density at radius 3 is 1.95 bits per heavy atom. The van der Waals surface area contributed by atoms with Gasteiger partial charge in [-0.25, -0.2) is 0 Å². The fraction of sp³-hybridized carbons (Fsp3) is 0.0244. The van der Waals surface area contributed by atoms with Crippen LogP contribution in [0.3, 0.4) is 0 Å². The minimum atomic E-state index is 0.854. The third kappa shape index (κ3) is 3.69. The third-order valence-electron chi connectivity index (χ3n) is 9.00. The molecule has 2 heterocycles. The van der Waals surface area contributed by atoms with Gasteiger partial charge in [0.2, 0.25) is 0 Å². The summed E-state index contributed by atoms with van der Waals surface area (Å²) >= 11 is 0. The lowest BCUT2D eigenvalue weighted by Crippen LogP contribution is -1.94. The van der Waals surface area contributed by atoms with Gasteiger partial charge >= 0.3 is 0 Å². The van der Waals surface area contributed by atoms with E-state index in [0.717, 1.165) is 22.7 Å². The minimum Gasteiger partial charge on any atom is -0.497 e. The lowest BCUT2D eigenvalue weighted by Gasteiger charge is -2.14. The second kappa shape index (κ2) is 9.62. The minimum absolute atomic E-state index is 0.854. The maximum Gasteiger partial charge on any atom is 0.118 e. The summed E-state index contributed by atoms with van der Waals surface area (Å²) in [5.41, 5.74) is 8.31. The Labute approximate surface area is 254 Å². The fourth-order valence-corrected chi connectivity index (χ4v) is 6.92. The molecule has 0 N–H and O–H groups in total. The van der Waals surface area contributed by atoms with Gasteiger partial charge in [0.15, 0.2) is 0 Å². The first-order valence-electron chi connectivity index (χ1n) is 15.0. The molecular weight excluding hydrogens is 536 g/mol. The molecule has 0 saturated heterocycles. The van der Waals surface area contributed by atoms with E-state index in [2.05, 4.69) is 161 Å². The van der Waals surface area contributed by atoms with Gasteiger partial charge in [0.25, 0.3) is 0 Å². The predicted molar refractivity (Wildman–Crippen MR) is 185 cm³/mol. The lowest BCUT2D eigenvalue weighted by atomic mass is 9.91. The van der Waals surface area contributed by atoms with Gasteiger partial charge in [-0.2, -0.15) is 0 Å². The van der Waals surface area contributed by atoms with Crippen molar-refractivity contribution in [3.05, 3.63) is 152 Å². The Hall–Kier alpha value is -5.80. The highest BCUT2D eigenvalue weighted by Gasteiger charge is 2.17. The zero-order valence-corrected chi connectivity index (χ0v) is 24.2. The monoisotopic (exact) mass is 564 g/mol. The summed E-state index contributed by atoms with van der Waals surface area (Å²) in [5.74, 6) is 0.854. The summed E-state index contributed by atoms with van der Waals surface area (Å²) in [6.45, 7) is 0. The molecule has 0 unspecified atom stereocenters. The van der Waals surface area contributed by atoms with Gasteiger partial charge in [0, 0.05) is 33.7 Å². The molecule has 0 saturated carbocycles. The molecule has 0 aliphatic carbocycles. The Bertz CT molecular complexity index is 2500. The SMILES string of the molecule is COc1ccc(-c2cc3cc4c(ccn4-c4ccccc4)cc3c3cc4c5ccccc5n(-c5ccccc5)c4cc23)cc1. The maximum absolute atomic E-state index is 5.51. The van der Waals surface area contributed by atoms with E-state index in [4.69, 9.17) is 4.74 Å². The number of hydrogen-bond acceptors (Lipinski definition) is 1. The van der Waals surface area contributed by atoms with Gasteiger partial charge in [-0.15, -0.1) is 0 Å². The van der Waals surface area contributed by atoms with Crippen LogP contribution in [0.4, 0.5) is 0 Å². The smallest absolute Gasteiger partial charge is 0.118 e. The number of aromatic nitrogens is 2. The van der Waals surface area contributed by atoms with Crippen LogP contribution in [0.15, 0.2) is 152 Å². The summed E-state index contributed by atoms with van der Waals surface area (Å²) < 4.78 is 10.2. The zero-order valence-electron chi connectivity index (χ0n) is 24.2. The van der Waals surface area contributed by atoms with Crippen LogP contribution in [-0.4, -0.2) is 16.2 Å². The molecule has 7 aromatic carbocycles. The van der Waals surface area contributed by atoms with Gasteiger partial charge in [-0.3, -0.25) is 0 Å². The van der Waals surface area contributed by atoms with E-state index in [1.807, 2.05) is 0 Å². The average Bonchev–Trinajstić information content (AvgIpc) is 3.65. The molecule has 3 nitrogen and oxygen atoms in total. The van der Waals surface area contributed by atoms with Crippen LogP contribution >= 0.6 is 0 Å². The van der Waals surface area contributed by atoms with Crippen LogP contribution in [-0.2, 0) is 0 Å². The number of para-hydroxylation sites is 3. The van der Waals surface area contributed by atoms with Crippen molar-refractivity contribution < 1.29 is 4.74 Å². The molecule has 2 aromatic heterocycles. The van der Waals surface area contributed by atoms with Crippen molar-refractivity contribution in [3.8, 4) is 28.3 Å². The van der Waals surface area contributed by atoms with Crippen molar-refractivity contribution in [2.75, 3.05) is 7.11 Å². The topological polar surface area (TPSA) is 19.1 Å². The summed E-state index contributed by atoms with van der Waals surface area (Å²) in [4.78, 5) is 0. The van der Waals surface area contributed by atoms with Crippen LogP contribution in [0.2, 0.25) is 0 Å². The highest BCUT2D eigenvalue weighted by atomic mass is 16.5. The first-order chi connectivity index (χ1) is 21.8. The first-order valence-corrected chi connectivity index (χ1v) is 15.0. The molecule has 0 radical (unpaired) electrons. The molecule has 9 aromatic rings. The van der Waals surface area contributed by atoms with Crippen LogP contribution in [0.1, 0.15) is 0 Å². The van der Waals surface area contributed by atoms with Crippen molar-refractivity contribution in [2.24, 2.45) is 0 Å². The average molecular weight is 565 g/mol.